The number of aryl methyl sites for hydroxylation is 1. The Bertz CT molecular complexity index is 696. The Morgan fingerprint density at radius 2 is 2.09 bits per heavy atom. The first-order valence-electron chi connectivity index (χ1n) is 7.20. The molecule has 22 heavy (non-hydrogen) atoms. The Morgan fingerprint density at radius 3 is 2.68 bits per heavy atom. The van der Waals surface area contributed by atoms with Crippen LogP contribution in [0.5, 0.6) is 0 Å². The standard InChI is InChI=1S/C15H17ClN6/c1-11-18-15(20-19-11)10-21-4-6-22(7-5-21)13-3-2-12(9-17)14(16)8-13/h2-3,8H,4-7,10H2,1H3,(H,18,19,20). The fourth-order valence-electron chi connectivity index (χ4n) is 2.62. The number of benzene rings is 1. The minimum atomic E-state index is 0.513. The van der Waals surface area contributed by atoms with Gasteiger partial charge in [-0.2, -0.15) is 10.4 Å². The summed E-state index contributed by atoms with van der Waals surface area (Å²) in [4.78, 5) is 8.96. The molecule has 1 aromatic heterocycles. The van der Waals surface area contributed by atoms with Crippen molar-refractivity contribution in [1.29, 1.82) is 5.26 Å². The van der Waals surface area contributed by atoms with Gasteiger partial charge in [-0.3, -0.25) is 10.00 Å². The molecule has 0 aliphatic carbocycles. The van der Waals surface area contributed by atoms with Crippen molar-refractivity contribution in [1.82, 2.24) is 20.1 Å². The van der Waals surface area contributed by atoms with E-state index in [9.17, 15) is 0 Å². The van der Waals surface area contributed by atoms with Crippen molar-refractivity contribution < 1.29 is 0 Å². The quantitative estimate of drug-likeness (QED) is 0.937. The van der Waals surface area contributed by atoms with E-state index in [0.717, 1.165) is 50.1 Å². The zero-order valence-electron chi connectivity index (χ0n) is 12.4. The molecular weight excluding hydrogens is 300 g/mol. The fourth-order valence-corrected chi connectivity index (χ4v) is 2.83. The lowest BCUT2D eigenvalue weighted by molar-refractivity contribution is 0.244. The Hall–Kier alpha value is -2.10. The molecule has 2 heterocycles. The first-order valence-corrected chi connectivity index (χ1v) is 7.58. The third kappa shape index (κ3) is 3.21. The van der Waals surface area contributed by atoms with Gasteiger partial charge in [0, 0.05) is 31.9 Å². The van der Waals surface area contributed by atoms with E-state index < -0.39 is 0 Å². The third-order valence-corrected chi connectivity index (χ3v) is 4.13. The van der Waals surface area contributed by atoms with Crippen LogP contribution < -0.4 is 4.90 Å². The van der Waals surface area contributed by atoms with Crippen molar-refractivity contribution in [2.45, 2.75) is 13.5 Å². The Morgan fingerprint density at radius 1 is 1.32 bits per heavy atom. The molecule has 0 bridgehead atoms. The average molecular weight is 317 g/mol. The maximum atomic E-state index is 8.93. The van der Waals surface area contributed by atoms with E-state index in [0.29, 0.717) is 10.6 Å². The normalized spacial score (nSPS) is 15.8. The molecule has 0 amide bonds. The summed E-state index contributed by atoms with van der Waals surface area (Å²) in [5.74, 6) is 1.69. The summed E-state index contributed by atoms with van der Waals surface area (Å²) in [6.45, 7) is 6.42. The highest BCUT2D eigenvalue weighted by atomic mass is 35.5. The molecule has 114 valence electrons. The molecule has 1 saturated heterocycles. The van der Waals surface area contributed by atoms with Crippen molar-refractivity contribution in [3.8, 4) is 6.07 Å². The van der Waals surface area contributed by atoms with Crippen LogP contribution in [0.1, 0.15) is 17.2 Å². The molecule has 1 aliphatic heterocycles. The van der Waals surface area contributed by atoms with Crippen LogP contribution in [-0.2, 0) is 6.54 Å². The van der Waals surface area contributed by atoms with Crippen LogP contribution in [0.3, 0.4) is 0 Å². The largest absolute Gasteiger partial charge is 0.369 e. The molecule has 0 spiro atoms. The van der Waals surface area contributed by atoms with Crippen LogP contribution in [0.15, 0.2) is 18.2 Å². The second-order valence-electron chi connectivity index (χ2n) is 5.38. The number of nitrogens with one attached hydrogen (secondary N) is 1. The number of hydrogen-bond acceptors (Lipinski definition) is 5. The minimum Gasteiger partial charge on any atom is -0.369 e. The lowest BCUT2D eigenvalue weighted by atomic mass is 10.2. The predicted octanol–water partition coefficient (Wildman–Crippen LogP) is 1.96. The number of hydrogen-bond donors (Lipinski definition) is 1. The molecule has 1 N–H and O–H groups in total. The van der Waals surface area contributed by atoms with E-state index in [-0.39, 0.29) is 0 Å². The van der Waals surface area contributed by atoms with E-state index in [1.807, 2.05) is 19.1 Å². The van der Waals surface area contributed by atoms with Gasteiger partial charge in [-0.05, 0) is 25.1 Å². The van der Waals surface area contributed by atoms with Gasteiger partial charge in [0.15, 0.2) is 5.82 Å². The van der Waals surface area contributed by atoms with Gasteiger partial charge in [0.05, 0.1) is 17.1 Å². The summed E-state index contributed by atoms with van der Waals surface area (Å²) >= 11 is 6.11. The van der Waals surface area contributed by atoms with Crippen molar-refractivity contribution in [2.75, 3.05) is 31.1 Å². The third-order valence-electron chi connectivity index (χ3n) is 3.82. The van der Waals surface area contributed by atoms with Gasteiger partial charge < -0.3 is 4.90 Å². The van der Waals surface area contributed by atoms with Crippen molar-refractivity contribution in [3.05, 3.63) is 40.4 Å². The Balaban J connectivity index is 1.59. The zero-order chi connectivity index (χ0) is 15.5. The van der Waals surface area contributed by atoms with E-state index in [1.54, 1.807) is 6.07 Å². The van der Waals surface area contributed by atoms with Gasteiger partial charge in [0.25, 0.3) is 0 Å². The molecule has 3 rings (SSSR count). The predicted molar refractivity (Wildman–Crippen MR) is 84.8 cm³/mol. The van der Waals surface area contributed by atoms with Gasteiger partial charge >= 0.3 is 0 Å². The molecule has 0 atom stereocenters. The maximum absolute atomic E-state index is 8.93. The Kier molecular flexibility index (Phi) is 4.27. The SMILES string of the molecule is Cc1nc(CN2CCN(c3ccc(C#N)c(Cl)c3)CC2)n[nH]1. The van der Waals surface area contributed by atoms with Crippen LogP contribution in [-0.4, -0.2) is 46.3 Å². The van der Waals surface area contributed by atoms with Crippen LogP contribution in [0, 0.1) is 18.3 Å². The van der Waals surface area contributed by atoms with Crippen LogP contribution in [0.25, 0.3) is 0 Å². The summed E-state index contributed by atoms with van der Waals surface area (Å²) < 4.78 is 0. The van der Waals surface area contributed by atoms with E-state index in [4.69, 9.17) is 16.9 Å². The van der Waals surface area contributed by atoms with E-state index in [2.05, 4.69) is 31.1 Å². The van der Waals surface area contributed by atoms with Crippen LogP contribution >= 0.6 is 11.6 Å². The molecule has 1 aliphatic rings. The highest BCUT2D eigenvalue weighted by Crippen LogP contribution is 2.24. The van der Waals surface area contributed by atoms with Gasteiger partial charge in [0.1, 0.15) is 11.9 Å². The first-order chi connectivity index (χ1) is 10.7. The maximum Gasteiger partial charge on any atom is 0.164 e. The summed E-state index contributed by atoms with van der Waals surface area (Å²) in [6, 6.07) is 7.69. The lowest BCUT2D eigenvalue weighted by Crippen LogP contribution is -2.46. The molecule has 7 heteroatoms. The second kappa shape index (κ2) is 6.34. The number of aromatic amines is 1. The molecule has 1 aromatic carbocycles. The lowest BCUT2D eigenvalue weighted by Gasteiger charge is -2.35. The van der Waals surface area contributed by atoms with Crippen LogP contribution in [0.4, 0.5) is 5.69 Å². The summed E-state index contributed by atoms with van der Waals surface area (Å²) in [7, 11) is 0. The fraction of sp³-hybridized carbons (Fsp3) is 0.400. The average Bonchev–Trinajstić information content (AvgIpc) is 2.93. The number of nitriles is 1. The molecular formula is C15H17ClN6. The highest BCUT2D eigenvalue weighted by Gasteiger charge is 2.19. The summed E-state index contributed by atoms with van der Waals surface area (Å²) in [5.41, 5.74) is 1.58. The van der Waals surface area contributed by atoms with Gasteiger partial charge in [-0.1, -0.05) is 11.6 Å². The smallest absolute Gasteiger partial charge is 0.164 e. The topological polar surface area (TPSA) is 71.8 Å². The number of aromatic nitrogens is 3. The minimum absolute atomic E-state index is 0.513. The second-order valence-corrected chi connectivity index (χ2v) is 5.78. The molecule has 0 radical (unpaired) electrons. The van der Waals surface area contributed by atoms with Gasteiger partial charge in [-0.15, -0.1) is 0 Å². The number of H-pyrrole nitrogens is 1. The van der Waals surface area contributed by atoms with Crippen molar-refractivity contribution >= 4 is 17.3 Å². The van der Waals surface area contributed by atoms with Crippen LogP contribution in [0.2, 0.25) is 5.02 Å². The number of piperazine rings is 1. The van der Waals surface area contributed by atoms with Crippen molar-refractivity contribution in [3.63, 3.8) is 0 Å². The van der Waals surface area contributed by atoms with Gasteiger partial charge in [0.2, 0.25) is 0 Å². The Labute approximate surface area is 134 Å². The van der Waals surface area contributed by atoms with E-state index in [1.165, 1.54) is 0 Å². The number of rotatable bonds is 3. The van der Waals surface area contributed by atoms with E-state index >= 15 is 0 Å². The molecule has 6 nitrogen and oxygen atoms in total. The molecule has 2 aromatic rings. The molecule has 0 unspecified atom stereocenters. The van der Waals surface area contributed by atoms with Gasteiger partial charge in [-0.25, -0.2) is 4.98 Å². The zero-order valence-corrected chi connectivity index (χ0v) is 13.1. The first kappa shape index (κ1) is 14.8. The number of halogens is 1. The number of nitrogens with zero attached hydrogens (tertiary/aromatic N) is 5. The van der Waals surface area contributed by atoms with Crippen molar-refractivity contribution in [2.24, 2.45) is 0 Å². The monoisotopic (exact) mass is 316 g/mol. The highest BCUT2D eigenvalue weighted by molar-refractivity contribution is 6.32. The molecule has 0 saturated carbocycles. The number of anilines is 1. The molecule has 1 fully saturated rings. The summed E-state index contributed by atoms with van der Waals surface area (Å²) in [5, 5.41) is 16.5. The summed E-state index contributed by atoms with van der Waals surface area (Å²) in [6.07, 6.45) is 0.